The molecule has 0 saturated carbocycles. The van der Waals surface area contributed by atoms with Crippen molar-refractivity contribution in [2.24, 2.45) is 5.73 Å². The number of aromatic nitrogens is 1. The van der Waals surface area contributed by atoms with Gasteiger partial charge in [-0.05, 0) is 26.8 Å². The molecule has 0 aromatic carbocycles. The summed E-state index contributed by atoms with van der Waals surface area (Å²) < 4.78 is 31.4. The molecule has 0 bridgehead atoms. The van der Waals surface area contributed by atoms with E-state index in [9.17, 15) is 8.78 Å². The highest BCUT2D eigenvalue weighted by molar-refractivity contribution is 5.42. The van der Waals surface area contributed by atoms with Gasteiger partial charge in [-0.3, -0.25) is 9.78 Å². The fourth-order valence-electron chi connectivity index (χ4n) is 1.07. The maximum absolute atomic E-state index is 12.9. The lowest BCUT2D eigenvalue weighted by atomic mass is 10.2. The lowest BCUT2D eigenvalue weighted by Crippen LogP contribution is -2.23. The van der Waals surface area contributed by atoms with E-state index in [1.807, 2.05) is 20.8 Å². The molecule has 1 heterocycles. The van der Waals surface area contributed by atoms with Crippen LogP contribution in [0.3, 0.4) is 0 Å². The number of alkyl halides is 2. The summed E-state index contributed by atoms with van der Waals surface area (Å²) in [5.41, 5.74) is 3.49. The normalized spacial score (nSPS) is 11.2. The molecule has 0 aliphatic heterocycles. The summed E-state index contributed by atoms with van der Waals surface area (Å²) in [7, 11) is 0. The molecule has 0 saturated heterocycles. The Kier molecular flexibility index (Phi) is 5.68. The Labute approximate surface area is 105 Å². The molecule has 0 aliphatic rings. The fraction of sp³-hybridized carbons (Fsp3) is 0.500. The zero-order chi connectivity index (χ0) is 14.4. The Hall–Kier alpha value is -1.72. The van der Waals surface area contributed by atoms with Crippen LogP contribution in [0.5, 0.6) is 5.75 Å². The summed E-state index contributed by atoms with van der Waals surface area (Å²) in [6, 6.07) is 2.84. The van der Waals surface area contributed by atoms with Gasteiger partial charge in [-0.15, -0.1) is 0 Å². The molecule has 0 atom stereocenters. The molecule has 18 heavy (non-hydrogen) atoms. The first-order valence-corrected chi connectivity index (χ1v) is 5.29. The minimum Gasteiger partial charge on any atom is -0.488 e. The zero-order valence-corrected chi connectivity index (χ0v) is 10.9. The number of hydrogen-bond donors (Lipinski definition) is 1. The molecule has 0 fully saturated rings. The highest BCUT2D eigenvalue weighted by Gasteiger charge is 2.26. The van der Waals surface area contributed by atoms with Gasteiger partial charge in [0.1, 0.15) is 17.0 Å². The number of nitrogens with zero attached hydrogens (tertiary/aromatic N) is 1. The number of rotatable bonds is 2. The van der Waals surface area contributed by atoms with Crippen LogP contribution >= 0.6 is 0 Å². The van der Waals surface area contributed by atoms with Crippen molar-refractivity contribution < 1.29 is 18.3 Å². The Morgan fingerprint density at radius 3 is 2.22 bits per heavy atom. The summed E-state index contributed by atoms with van der Waals surface area (Å²) in [5.74, 6) is -2.52. The van der Waals surface area contributed by atoms with Gasteiger partial charge in [-0.1, -0.05) is 0 Å². The lowest BCUT2D eigenvalue weighted by molar-refractivity contribution is -0.106. The van der Waals surface area contributed by atoms with Crippen molar-refractivity contribution in [3.8, 4) is 5.75 Å². The molecule has 0 unspecified atom stereocenters. The van der Waals surface area contributed by atoms with Crippen LogP contribution in [0.25, 0.3) is 0 Å². The summed E-state index contributed by atoms with van der Waals surface area (Å²) >= 11 is 0. The first-order valence-electron chi connectivity index (χ1n) is 5.29. The molecule has 6 heteroatoms. The van der Waals surface area contributed by atoms with Crippen LogP contribution in [0.4, 0.5) is 8.78 Å². The molecule has 102 valence electrons. The van der Waals surface area contributed by atoms with Gasteiger partial charge in [0.15, 0.2) is 0 Å². The third kappa shape index (κ3) is 6.78. The lowest BCUT2D eigenvalue weighted by Gasteiger charge is -2.21. The van der Waals surface area contributed by atoms with Gasteiger partial charge in [0.05, 0.1) is 0 Å². The van der Waals surface area contributed by atoms with Gasteiger partial charge in [-0.2, -0.15) is 8.78 Å². The van der Waals surface area contributed by atoms with Crippen molar-refractivity contribution >= 4 is 6.41 Å². The van der Waals surface area contributed by atoms with Gasteiger partial charge in [0.25, 0.3) is 5.92 Å². The minimum absolute atomic E-state index is 0.250. The maximum atomic E-state index is 12.9. The Morgan fingerprint density at radius 1 is 1.33 bits per heavy atom. The van der Waals surface area contributed by atoms with E-state index in [0.29, 0.717) is 5.75 Å². The van der Waals surface area contributed by atoms with Gasteiger partial charge < -0.3 is 10.5 Å². The van der Waals surface area contributed by atoms with E-state index in [1.165, 1.54) is 12.3 Å². The van der Waals surface area contributed by atoms with E-state index in [0.717, 1.165) is 6.92 Å². The molecule has 1 aromatic rings. The topological polar surface area (TPSA) is 65.2 Å². The van der Waals surface area contributed by atoms with Crippen LogP contribution in [-0.2, 0) is 10.7 Å². The van der Waals surface area contributed by atoms with Crippen molar-refractivity contribution in [2.75, 3.05) is 0 Å². The highest BCUT2D eigenvalue weighted by atomic mass is 19.3. The third-order valence-electron chi connectivity index (χ3n) is 1.61. The smallest absolute Gasteiger partial charge is 0.287 e. The average molecular weight is 260 g/mol. The van der Waals surface area contributed by atoms with Gasteiger partial charge in [-0.25, -0.2) is 0 Å². The molecule has 0 radical (unpaired) electrons. The van der Waals surface area contributed by atoms with Crippen LogP contribution in [0.1, 0.15) is 33.4 Å². The molecule has 0 spiro atoms. The molecule has 4 nitrogen and oxygen atoms in total. The highest BCUT2D eigenvalue weighted by Crippen LogP contribution is 2.28. The largest absolute Gasteiger partial charge is 0.488 e. The molecular formula is C12H18F2N2O2. The summed E-state index contributed by atoms with van der Waals surface area (Å²) in [6.07, 6.45) is 1.58. The molecule has 1 rings (SSSR count). The number of hydrogen-bond acceptors (Lipinski definition) is 3. The number of nitrogens with two attached hydrogens (primary N) is 1. The van der Waals surface area contributed by atoms with E-state index in [4.69, 9.17) is 9.53 Å². The van der Waals surface area contributed by atoms with Crippen LogP contribution in [0.2, 0.25) is 0 Å². The number of carbonyl (C=O) groups is 1. The molecule has 0 aliphatic carbocycles. The monoisotopic (exact) mass is 260 g/mol. The van der Waals surface area contributed by atoms with E-state index >= 15 is 0 Å². The van der Waals surface area contributed by atoms with Crippen molar-refractivity contribution in [3.63, 3.8) is 0 Å². The summed E-state index contributed by atoms with van der Waals surface area (Å²) in [6.45, 7) is 6.39. The van der Waals surface area contributed by atoms with Crippen LogP contribution in [0.15, 0.2) is 18.3 Å². The van der Waals surface area contributed by atoms with E-state index in [2.05, 4.69) is 10.7 Å². The van der Waals surface area contributed by atoms with Gasteiger partial charge in [0.2, 0.25) is 6.41 Å². The maximum Gasteiger partial charge on any atom is 0.287 e. The zero-order valence-electron chi connectivity index (χ0n) is 10.9. The Bertz CT molecular complexity index is 384. The average Bonchev–Trinajstić information content (AvgIpc) is 2.15. The number of halogens is 2. The number of primary amides is 1. The van der Waals surface area contributed by atoms with Gasteiger partial charge in [0, 0.05) is 19.2 Å². The number of ether oxygens (including phenoxy) is 1. The van der Waals surface area contributed by atoms with Gasteiger partial charge >= 0.3 is 0 Å². The second-order valence-corrected chi connectivity index (χ2v) is 4.62. The molecule has 1 amide bonds. The van der Waals surface area contributed by atoms with Crippen LogP contribution in [-0.4, -0.2) is 17.0 Å². The van der Waals surface area contributed by atoms with Crippen molar-refractivity contribution in [1.29, 1.82) is 0 Å². The number of carbonyl (C=O) groups excluding carboxylic acids is 1. The molecule has 2 N–H and O–H groups in total. The van der Waals surface area contributed by atoms with Crippen molar-refractivity contribution in [3.05, 3.63) is 24.0 Å². The minimum atomic E-state index is -2.93. The van der Waals surface area contributed by atoms with Crippen molar-refractivity contribution in [1.82, 2.24) is 4.98 Å². The Balaban J connectivity index is 0.000000873. The predicted molar refractivity (Wildman–Crippen MR) is 64.4 cm³/mol. The first-order chi connectivity index (χ1) is 8.10. The molecular weight excluding hydrogens is 242 g/mol. The Morgan fingerprint density at radius 2 is 1.83 bits per heavy atom. The third-order valence-corrected chi connectivity index (χ3v) is 1.61. The van der Waals surface area contributed by atoms with E-state index in [-0.39, 0.29) is 12.1 Å². The standard InChI is InChI=1S/C11H15F2NO.CH3NO/c1-10(2,3)15-8-5-6-14-9(7-8)11(4,12)13;2-1-3/h5-7H,1-4H3;1H,(H2,2,3). The predicted octanol–water partition coefficient (Wildman–Crippen LogP) is 2.47. The number of pyridine rings is 1. The second-order valence-electron chi connectivity index (χ2n) is 4.62. The summed E-state index contributed by atoms with van der Waals surface area (Å²) in [5, 5.41) is 0. The van der Waals surface area contributed by atoms with E-state index in [1.54, 1.807) is 6.07 Å². The van der Waals surface area contributed by atoms with Crippen molar-refractivity contribution in [2.45, 2.75) is 39.2 Å². The van der Waals surface area contributed by atoms with E-state index < -0.39 is 11.5 Å². The SMILES string of the molecule is CC(C)(C)Oc1ccnc(C(C)(F)F)c1.NC=O. The van der Waals surface area contributed by atoms with Crippen LogP contribution in [0, 0.1) is 0 Å². The summed E-state index contributed by atoms with van der Waals surface area (Å²) in [4.78, 5) is 12.2. The van der Waals surface area contributed by atoms with Crippen LogP contribution < -0.4 is 10.5 Å². The molecule has 1 aromatic heterocycles. The first kappa shape index (κ1) is 16.3. The second kappa shape index (κ2) is 6.28. The quantitative estimate of drug-likeness (QED) is 0.831. The fourth-order valence-corrected chi connectivity index (χ4v) is 1.07. The number of amides is 1.